The summed E-state index contributed by atoms with van der Waals surface area (Å²) >= 11 is 0. The zero-order valence-corrected chi connectivity index (χ0v) is 14.1. The molecule has 1 aromatic rings. The lowest BCUT2D eigenvalue weighted by Crippen LogP contribution is -2.16. The largest absolute Gasteiger partial charge is 0.487 e. The van der Waals surface area contributed by atoms with Gasteiger partial charge in [0.05, 0.1) is 25.5 Å². The highest BCUT2D eigenvalue weighted by molar-refractivity contribution is 5.91. The van der Waals surface area contributed by atoms with Gasteiger partial charge in [0.25, 0.3) is 0 Å². The molecule has 1 aliphatic carbocycles. The first-order valence-electron chi connectivity index (χ1n) is 8.10. The maximum atomic E-state index is 11.6. The minimum absolute atomic E-state index is 0.0881. The van der Waals surface area contributed by atoms with Crippen molar-refractivity contribution in [3.8, 4) is 5.75 Å². The second-order valence-corrected chi connectivity index (χ2v) is 5.54. The van der Waals surface area contributed by atoms with Gasteiger partial charge in [-0.25, -0.2) is 9.78 Å². The Morgan fingerprint density at radius 1 is 1.50 bits per heavy atom. The maximum Gasteiger partial charge on any atom is 0.337 e. The van der Waals surface area contributed by atoms with E-state index in [4.69, 9.17) is 15.2 Å². The molecule has 0 fully saturated rings. The van der Waals surface area contributed by atoms with Gasteiger partial charge >= 0.3 is 5.97 Å². The van der Waals surface area contributed by atoms with Gasteiger partial charge in [0.2, 0.25) is 5.95 Å². The van der Waals surface area contributed by atoms with Crippen LogP contribution in [0.3, 0.4) is 0 Å². The van der Waals surface area contributed by atoms with Crippen molar-refractivity contribution >= 4 is 17.7 Å². The first-order valence-corrected chi connectivity index (χ1v) is 8.10. The Morgan fingerprint density at radius 2 is 2.33 bits per heavy atom. The number of allylic oxidation sites excluding steroid dienone is 1. The first kappa shape index (κ1) is 17.8. The van der Waals surface area contributed by atoms with Crippen molar-refractivity contribution in [1.82, 2.24) is 9.97 Å². The number of nitrogen functional groups attached to an aromatic ring is 1. The zero-order chi connectivity index (χ0) is 17.4. The molecule has 0 radical (unpaired) electrons. The maximum absolute atomic E-state index is 11.6. The smallest absolute Gasteiger partial charge is 0.337 e. The number of nitrogens with one attached hydrogen (secondary N) is 1. The lowest BCUT2D eigenvalue weighted by molar-refractivity contribution is -0.135. The van der Waals surface area contributed by atoms with Crippen LogP contribution in [0.4, 0.5) is 11.8 Å². The molecule has 0 saturated heterocycles. The van der Waals surface area contributed by atoms with Crippen molar-refractivity contribution in [2.24, 2.45) is 5.92 Å². The van der Waals surface area contributed by atoms with Gasteiger partial charge in [-0.3, -0.25) is 0 Å². The summed E-state index contributed by atoms with van der Waals surface area (Å²) in [7, 11) is 1.37. The fraction of sp³-hybridized carbons (Fsp3) is 0.471. The van der Waals surface area contributed by atoms with Gasteiger partial charge < -0.3 is 20.5 Å². The van der Waals surface area contributed by atoms with Crippen LogP contribution < -0.4 is 15.8 Å². The van der Waals surface area contributed by atoms with E-state index in [1.54, 1.807) is 12.3 Å². The molecule has 1 aliphatic rings. The van der Waals surface area contributed by atoms with Crippen molar-refractivity contribution in [2.45, 2.75) is 26.2 Å². The second-order valence-electron chi connectivity index (χ2n) is 5.54. The third-order valence-electron chi connectivity index (χ3n) is 3.62. The number of hydrogen-bond donors (Lipinski definition) is 2. The minimum atomic E-state index is -0.339. The number of anilines is 2. The Balaban J connectivity index is 1.99. The van der Waals surface area contributed by atoms with E-state index >= 15 is 0 Å². The molecule has 0 bridgehead atoms. The SMILES string of the molecule is CCCCNc1nc(N)ncc1OCC1C=C(C(=O)OC)C=CC1. The van der Waals surface area contributed by atoms with E-state index in [0.29, 0.717) is 23.7 Å². The molecule has 0 saturated carbocycles. The summed E-state index contributed by atoms with van der Waals surface area (Å²) in [6.45, 7) is 3.33. The van der Waals surface area contributed by atoms with Gasteiger partial charge in [-0.1, -0.05) is 31.6 Å². The highest BCUT2D eigenvalue weighted by atomic mass is 16.5. The number of ether oxygens (including phenoxy) is 2. The molecule has 1 unspecified atom stereocenters. The Hall–Kier alpha value is -2.57. The van der Waals surface area contributed by atoms with Gasteiger partial charge in [0.1, 0.15) is 0 Å². The number of carbonyl (C=O) groups is 1. The Morgan fingerprint density at radius 3 is 3.08 bits per heavy atom. The predicted molar refractivity (Wildman–Crippen MR) is 92.7 cm³/mol. The average molecular weight is 332 g/mol. The highest BCUT2D eigenvalue weighted by Gasteiger charge is 2.16. The van der Waals surface area contributed by atoms with E-state index < -0.39 is 0 Å². The summed E-state index contributed by atoms with van der Waals surface area (Å²) in [6, 6.07) is 0. The van der Waals surface area contributed by atoms with Crippen LogP contribution in [0, 0.1) is 5.92 Å². The minimum Gasteiger partial charge on any atom is -0.487 e. The number of hydrogen-bond acceptors (Lipinski definition) is 7. The Bertz CT molecular complexity index is 628. The molecule has 130 valence electrons. The van der Waals surface area contributed by atoms with E-state index in [9.17, 15) is 4.79 Å². The number of carbonyl (C=O) groups excluding carboxylic acids is 1. The van der Waals surface area contributed by atoms with Crippen LogP contribution in [0.1, 0.15) is 26.2 Å². The summed E-state index contributed by atoms with van der Waals surface area (Å²) in [5, 5.41) is 3.22. The second kappa shape index (κ2) is 8.90. The molecule has 1 heterocycles. The molecule has 3 N–H and O–H groups in total. The fourth-order valence-electron chi connectivity index (χ4n) is 2.31. The van der Waals surface area contributed by atoms with E-state index in [0.717, 1.165) is 25.8 Å². The molecule has 0 aromatic carbocycles. The quantitative estimate of drug-likeness (QED) is 0.556. The van der Waals surface area contributed by atoms with Gasteiger partial charge in [-0.05, 0) is 12.8 Å². The summed E-state index contributed by atoms with van der Waals surface area (Å²) in [6.07, 6.45) is 10.1. The van der Waals surface area contributed by atoms with Crippen molar-refractivity contribution < 1.29 is 14.3 Å². The molecular weight excluding hydrogens is 308 g/mol. The predicted octanol–water partition coefficient (Wildman–Crippen LogP) is 2.33. The number of unbranched alkanes of at least 4 members (excludes halogenated alkanes) is 1. The molecule has 1 atom stereocenters. The lowest BCUT2D eigenvalue weighted by Gasteiger charge is -2.18. The monoisotopic (exact) mass is 332 g/mol. The normalized spacial score (nSPS) is 16.4. The van der Waals surface area contributed by atoms with Crippen LogP contribution in [-0.4, -0.2) is 36.2 Å². The molecule has 7 heteroatoms. The number of nitrogens with two attached hydrogens (primary N) is 1. The molecule has 2 rings (SSSR count). The van der Waals surface area contributed by atoms with Gasteiger partial charge in [-0.15, -0.1) is 0 Å². The van der Waals surface area contributed by atoms with Gasteiger partial charge in [-0.2, -0.15) is 4.98 Å². The average Bonchev–Trinajstić information content (AvgIpc) is 2.61. The van der Waals surface area contributed by atoms with Crippen LogP contribution in [0.2, 0.25) is 0 Å². The summed E-state index contributed by atoms with van der Waals surface area (Å²) in [4.78, 5) is 19.8. The van der Waals surface area contributed by atoms with E-state index in [-0.39, 0.29) is 17.8 Å². The summed E-state index contributed by atoms with van der Waals surface area (Å²) in [5.41, 5.74) is 6.20. The van der Waals surface area contributed by atoms with E-state index in [2.05, 4.69) is 22.2 Å². The van der Waals surface area contributed by atoms with E-state index in [1.165, 1.54) is 7.11 Å². The van der Waals surface area contributed by atoms with Crippen LogP contribution in [0.5, 0.6) is 5.75 Å². The van der Waals surface area contributed by atoms with Crippen molar-refractivity contribution in [3.05, 3.63) is 30.0 Å². The Kier molecular flexibility index (Phi) is 6.60. The molecule has 24 heavy (non-hydrogen) atoms. The van der Waals surface area contributed by atoms with Gasteiger partial charge in [0.15, 0.2) is 11.6 Å². The van der Waals surface area contributed by atoms with E-state index in [1.807, 2.05) is 12.2 Å². The van der Waals surface area contributed by atoms with Gasteiger partial charge in [0, 0.05) is 12.5 Å². The molecule has 0 aliphatic heterocycles. The molecule has 7 nitrogen and oxygen atoms in total. The molecule has 1 aromatic heterocycles. The first-order chi connectivity index (χ1) is 11.6. The molecular formula is C17H24N4O3. The number of methoxy groups -OCH3 is 1. The Labute approximate surface area is 142 Å². The number of rotatable bonds is 8. The highest BCUT2D eigenvalue weighted by Crippen LogP contribution is 2.24. The third kappa shape index (κ3) is 4.97. The van der Waals surface area contributed by atoms with Crippen LogP contribution in [0.15, 0.2) is 30.0 Å². The standard InChI is InChI=1S/C17H24N4O3/c1-3-4-8-19-15-14(10-20-17(18)21-15)24-11-12-6-5-7-13(9-12)16(22)23-2/h5,7,9-10,12H,3-4,6,8,11H2,1-2H3,(H3,18,19,20,21). The van der Waals surface area contributed by atoms with Crippen molar-refractivity contribution in [3.63, 3.8) is 0 Å². The summed E-state index contributed by atoms with van der Waals surface area (Å²) in [5.74, 6) is 1.11. The third-order valence-corrected chi connectivity index (χ3v) is 3.62. The number of aromatic nitrogens is 2. The molecule has 0 amide bonds. The topological polar surface area (TPSA) is 99.4 Å². The van der Waals surface area contributed by atoms with Crippen LogP contribution in [-0.2, 0) is 9.53 Å². The number of nitrogens with zero attached hydrogens (tertiary/aromatic N) is 2. The van der Waals surface area contributed by atoms with Crippen molar-refractivity contribution in [1.29, 1.82) is 0 Å². The molecule has 0 spiro atoms. The lowest BCUT2D eigenvalue weighted by atomic mass is 9.97. The van der Waals surface area contributed by atoms with Crippen LogP contribution in [0.25, 0.3) is 0 Å². The zero-order valence-electron chi connectivity index (χ0n) is 14.1. The number of esters is 1. The van der Waals surface area contributed by atoms with Crippen LogP contribution >= 0.6 is 0 Å². The van der Waals surface area contributed by atoms with Crippen molar-refractivity contribution in [2.75, 3.05) is 31.3 Å². The fourth-order valence-corrected chi connectivity index (χ4v) is 2.31. The summed E-state index contributed by atoms with van der Waals surface area (Å²) < 4.78 is 10.6.